The van der Waals surface area contributed by atoms with E-state index in [1.165, 1.54) is 12.1 Å². The molecule has 1 unspecified atom stereocenters. The van der Waals surface area contributed by atoms with Gasteiger partial charge in [-0.1, -0.05) is 26.0 Å². The van der Waals surface area contributed by atoms with E-state index in [0.29, 0.717) is 29.7 Å². The van der Waals surface area contributed by atoms with Crippen LogP contribution in [0.4, 0.5) is 21.8 Å². The van der Waals surface area contributed by atoms with Gasteiger partial charge >= 0.3 is 0 Å². The summed E-state index contributed by atoms with van der Waals surface area (Å²) >= 11 is 0. The van der Waals surface area contributed by atoms with Crippen LogP contribution in [0.2, 0.25) is 0 Å². The van der Waals surface area contributed by atoms with E-state index in [1.54, 1.807) is 18.3 Å². The molecule has 2 atom stereocenters. The quantitative estimate of drug-likeness (QED) is 0.611. The van der Waals surface area contributed by atoms with Crippen LogP contribution in [0.1, 0.15) is 43.6 Å². The molecule has 0 bridgehead atoms. The standard InChI is InChI=1S/C23H28FN7O/c1-13(2)20-22(32)28-19-14(3)27-23(29-21(19)30(20)5)25-10-16-11-26-31(12-16)15(4)17-6-8-18(24)9-7-17/h6-9,11-13,15,20H,10H2,1-5H3,(H,28,32)(H,25,27,29)/t15?,20-/m0/s1. The number of hydrogen-bond acceptors (Lipinski definition) is 6. The third-order valence-corrected chi connectivity index (χ3v) is 5.83. The molecule has 2 aromatic heterocycles. The summed E-state index contributed by atoms with van der Waals surface area (Å²) in [6, 6.07) is 6.15. The largest absolute Gasteiger partial charge is 0.350 e. The molecule has 0 aliphatic carbocycles. The monoisotopic (exact) mass is 437 g/mol. The lowest BCUT2D eigenvalue weighted by atomic mass is 9.99. The molecule has 3 aromatic rings. The average molecular weight is 438 g/mol. The van der Waals surface area contributed by atoms with E-state index in [4.69, 9.17) is 0 Å². The van der Waals surface area contributed by atoms with Crippen molar-refractivity contribution in [2.45, 2.75) is 46.3 Å². The first kappa shape index (κ1) is 21.7. The lowest BCUT2D eigenvalue weighted by Crippen LogP contribution is -2.49. The first-order valence-electron chi connectivity index (χ1n) is 10.7. The van der Waals surface area contributed by atoms with E-state index < -0.39 is 0 Å². The number of nitrogens with one attached hydrogen (secondary N) is 2. The minimum Gasteiger partial charge on any atom is -0.350 e. The number of nitrogens with zero attached hydrogens (tertiary/aromatic N) is 5. The van der Waals surface area contributed by atoms with Crippen molar-refractivity contribution in [3.8, 4) is 0 Å². The molecule has 1 aliphatic heterocycles. The number of halogens is 1. The van der Waals surface area contributed by atoms with Crippen LogP contribution in [0.5, 0.6) is 0 Å². The molecule has 32 heavy (non-hydrogen) atoms. The van der Waals surface area contributed by atoms with E-state index in [9.17, 15) is 9.18 Å². The van der Waals surface area contributed by atoms with Crippen molar-refractivity contribution >= 4 is 23.4 Å². The second-order valence-corrected chi connectivity index (χ2v) is 8.53. The van der Waals surface area contributed by atoms with Crippen LogP contribution in [0, 0.1) is 18.7 Å². The van der Waals surface area contributed by atoms with Crippen molar-refractivity contribution in [1.29, 1.82) is 0 Å². The van der Waals surface area contributed by atoms with Gasteiger partial charge in [-0.15, -0.1) is 0 Å². The van der Waals surface area contributed by atoms with Gasteiger partial charge in [0.2, 0.25) is 11.9 Å². The Morgan fingerprint density at radius 2 is 1.91 bits per heavy atom. The van der Waals surface area contributed by atoms with Crippen LogP contribution >= 0.6 is 0 Å². The zero-order valence-electron chi connectivity index (χ0n) is 18.9. The van der Waals surface area contributed by atoms with Gasteiger partial charge in [-0.25, -0.2) is 9.37 Å². The summed E-state index contributed by atoms with van der Waals surface area (Å²) in [6.45, 7) is 8.41. The molecular formula is C23H28FN7O. The zero-order valence-corrected chi connectivity index (χ0v) is 18.9. The fourth-order valence-electron chi connectivity index (χ4n) is 4.05. The lowest BCUT2D eigenvalue weighted by molar-refractivity contribution is -0.118. The molecule has 1 aromatic carbocycles. The smallest absolute Gasteiger partial charge is 0.247 e. The predicted octanol–water partition coefficient (Wildman–Crippen LogP) is 3.75. The van der Waals surface area contributed by atoms with Crippen molar-refractivity contribution in [2.24, 2.45) is 5.92 Å². The van der Waals surface area contributed by atoms with Gasteiger partial charge in [0.05, 0.1) is 17.9 Å². The SMILES string of the molecule is Cc1nc(NCc2cnn(C(C)c3ccc(F)cc3)c2)nc2c1NC(=O)[C@H](C(C)C)N2C. The van der Waals surface area contributed by atoms with Gasteiger partial charge in [0.25, 0.3) is 0 Å². The molecule has 4 rings (SSSR count). The van der Waals surface area contributed by atoms with E-state index in [0.717, 1.165) is 11.1 Å². The third kappa shape index (κ3) is 4.15. The number of benzene rings is 1. The highest BCUT2D eigenvalue weighted by molar-refractivity contribution is 6.03. The Hall–Kier alpha value is -3.49. The fourth-order valence-corrected chi connectivity index (χ4v) is 4.05. The summed E-state index contributed by atoms with van der Waals surface area (Å²) in [5.74, 6) is 1.06. The third-order valence-electron chi connectivity index (χ3n) is 5.83. The van der Waals surface area contributed by atoms with Gasteiger partial charge < -0.3 is 15.5 Å². The maximum Gasteiger partial charge on any atom is 0.247 e. The molecule has 168 valence electrons. The summed E-state index contributed by atoms with van der Waals surface area (Å²) in [5, 5.41) is 10.7. The number of likely N-dealkylation sites (N-methyl/N-ethyl adjacent to an activating group) is 1. The Labute approximate surface area is 186 Å². The van der Waals surface area contributed by atoms with Gasteiger partial charge in [-0.2, -0.15) is 10.1 Å². The summed E-state index contributed by atoms with van der Waals surface area (Å²) in [4.78, 5) is 23.6. The average Bonchev–Trinajstić information content (AvgIpc) is 3.22. The highest BCUT2D eigenvalue weighted by atomic mass is 19.1. The summed E-state index contributed by atoms with van der Waals surface area (Å²) < 4.78 is 15.0. The molecule has 1 amide bonds. The number of hydrogen-bond donors (Lipinski definition) is 2. The number of carbonyl (C=O) groups excluding carboxylic acids is 1. The molecular weight excluding hydrogens is 409 g/mol. The molecule has 2 N–H and O–H groups in total. The van der Waals surface area contributed by atoms with Gasteiger partial charge in [-0.05, 0) is 37.5 Å². The lowest BCUT2D eigenvalue weighted by Gasteiger charge is -2.36. The molecule has 9 heteroatoms. The minimum atomic E-state index is -0.282. The second kappa shape index (κ2) is 8.57. The first-order chi connectivity index (χ1) is 15.2. The van der Waals surface area contributed by atoms with Crippen molar-refractivity contribution in [1.82, 2.24) is 19.7 Å². The number of rotatable bonds is 6. The number of aromatic nitrogens is 4. The Morgan fingerprint density at radius 1 is 1.19 bits per heavy atom. The van der Waals surface area contributed by atoms with E-state index >= 15 is 0 Å². The normalized spacial score (nSPS) is 16.7. The molecule has 8 nitrogen and oxygen atoms in total. The highest BCUT2D eigenvalue weighted by Crippen LogP contribution is 2.34. The number of carbonyl (C=O) groups is 1. The molecule has 3 heterocycles. The Morgan fingerprint density at radius 3 is 2.59 bits per heavy atom. The van der Waals surface area contributed by atoms with E-state index in [-0.39, 0.29) is 29.7 Å². The van der Waals surface area contributed by atoms with Crippen LogP contribution in [0.3, 0.4) is 0 Å². The summed E-state index contributed by atoms with van der Waals surface area (Å²) in [5.41, 5.74) is 3.31. The van der Waals surface area contributed by atoms with Crippen LogP contribution in [0.15, 0.2) is 36.7 Å². The van der Waals surface area contributed by atoms with Crippen molar-refractivity contribution in [3.63, 3.8) is 0 Å². The molecule has 1 aliphatic rings. The van der Waals surface area contributed by atoms with Gasteiger partial charge in [0.15, 0.2) is 5.82 Å². The van der Waals surface area contributed by atoms with Crippen molar-refractivity contribution in [3.05, 3.63) is 59.3 Å². The van der Waals surface area contributed by atoms with Gasteiger partial charge in [-0.3, -0.25) is 9.48 Å². The van der Waals surface area contributed by atoms with Gasteiger partial charge in [0.1, 0.15) is 17.5 Å². The zero-order chi connectivity index (χ0) is 23.0. The van der Waals surface area contributed by atoms with Crippen LogP contribution < -0.4 is 15.5 Å². The maximum atomic E-state index is 13.2. The molecule has 0 saturated carbocycles. The Kier molecular flexibility index (Phi) is 5.82. The predicted molar refractivity (Wildman–Crippen MR) is 122 cm³/mol. The summed E-state index contributed by atoms with van der Waals surface area (Å²) in [6.07, 6.45) is 3.74. The number of anilines is 3. The van der Waals surface area contributed by atoms with Crippen LogP contribution in [-0.2, 0) is 11.3 Å². The van der Waals surface area contributed by atoms with Gasteiger partial charge in [0, 0.05) is 25.4 Å². The second-order valence-electron chi connectivity index (χ2n) is 8.53. The number of aryl methyl sites for hydroxylation is 1. The number of amides is 1. The van der Waals surface area contributed by atoms with Crippen LogP contribution in [0.25, 0.3) is 0 Å². The summed E-state index contributed by atoms with van der Waals surface area (Å²) in [7, 11) is 1.89. The topological polar surface area (TPSA) is 88.0 Å². The van der Waals surface area contributed by atoms with Crippen molar-refractivity contribution in [2.75, 3.05) is 22.6 Å². The molecule has 0 radical (unpaired) electrons. The van der Waals surface area contributed by atoms with Crippen molar-refractivity contribution < 1.29 is 9.18 Å². The van der Waals surface area contributed by atoms with E-state index in [1.807, 2.05) is 50.5 Å². The molecule has 0 saturated heterocycles. The number of fused-ring (bicyclic) bond motifs is 1. The van der Waals surface area contributed by atoms with Crippen LogP contribution in [-0.4, -0.2) is 38.7 Å². The maximum absolute atomic E-state index is 13.2. The van der Waals surface area contributed by atoms with E-state index in [2.05, 4.69) is 25.7 Å². The molecule has 0 spiro atoms. The first-order valence-corrected chi connectivity index (χ1v) is 10.7. The highest BCUT2D eigenvalue weighted by Gasteiger charge is 2.35. The fraction of sp³-hybridized carbons (Fsp3) is 0.391. The Balaban J connectivity index is 1.49. The minimum absolute atomic E-state index is 0.0168. The molecule has 0 fully saturated rings. The Bertz CT molecular complexity index is 1130.